The highest BCUT2D eigenvalue weighted by molar-refractivity contribution is 5.82. The Balaban J connectivity index is 2.17. The Morgan fingerprint density at radius 3 is 2.62 bits per heavy atom. The van der Waals surface area contributed by atoms with E-state index in [4.69, 9.17) is 0 Å². The van der Waals surface area contributed by atoms with E-state index in [1.807, 2.05) is 0 Å². The molecule has 2 aromatic heterocycles. The van der Waals surface area contributed by atoms with Gasteiger partial charge in [0.25, 0.3) is 5.56 Å². The standard InChI is InChI=1S/C14H10F3N3O/c1-7-18-11-6-10(20-12(11)13(21)19-7)8-3-2-4-9(5-8)14(15,16)17/h2-6,20H,1H3,(H,18,19,21). The average molecular weight is 293 g/mol. The third-order valence-corrected chi connectivity index (χ3v) is 3.11. The summed E-state index contributed by atoms with van der Waals surface area (Å²) in [5, 5.41) is 0. The average Bonchev–Trinajstić information content (AvgIpc) is 2.82. The molecule has 3 aromatic rings. The fourth-order valence-corrected chi connectivity index (χ4v) is 2.16. The van der Waals surface area contributed by atoms with Gasteiger partial charge in [-0.2, -0.15) is 13.2 Å². The third-order valence-electron chi connectivity index (χ3n) is 3.11. The number of benzene rings is 1. The number of hydrogen-bond donors (Lipinski definition) is 2. The predicted molar refractivity (Wildman–Crippen MR) is 71.9 cm³/mol. The maximum Gasteiger partial charge on any atom is 0.416 e. The molecule has 3 rings (SSSR count). The van der Waals surface area contributed by atoms with Crippen LogP contribution in [0.3, 0.4) is 0 Å². The van der Waals surface area contributed by atoms with Crippen molar-refractivity contribution in [3.05, 3.63) is 52.1 Å². The minimum absolute atomic E-state index is 0.244. The Labute approximate surface area is 116 Å². The van der Waals surface area contributed by atoms with E-state index in [0.29, 0.717) is 22.6 Å². The summed E-state index contributed by atoms with van der Waals surface area (Å²) in [6.45, 7) is 1.64. The molecule has 0 saturated carbocycles. The van der Waals surface area contributed by atoms with E-state index in [-0.39, 0.29) is 11.1 Å². The first-order valence-electron chi connectivity index (χ1n) is 6.12. The van der Waals surface area contributed by atoms with Gasteiger partial charge in [0.15, 0.2) is 0 Å². The number of aromatic nitrogens is 3. The molecule has 0 amide bonds. The van der Waals surface area contributed by atoms with Gasteiger partial charge in [0.05, 0.1) is 11.1 Å². The molecule has 1 aromatic carbocycles. The van der Waals surface area contributed by atoms with Gasteiger partial charge in [-0.1, -0.05) is 12.1 Å². The summed E-state index contributed by atoms with van der Waals surface area (Å²) in [7, 11) is 0. The molecule has 108 valence electrons. The zero-order chi connectivity index (χ0) is 15.2. The summed E-state index contributed by atoms with van der Waals surface area (Å²) in [6.07, 6.45) is -4.41. The fraction of sp³-hybridized carbons (Fsp3) is 0.143. The number of fused-ring (bicyclic) bond motifs is 1. The van der Waals surface area contributed by atoms with E-state index >= 15 is 0 Å². The maximum atomic E-state index is 12.7. The molecule has 4 nitrogen and oxygen atoms in total. The summed E-state index contributed by atoms with van der Waals surface area (Å²) < 4.78 is 38.2. The Morgan fingerprint density at radius 1 is 1.14 bits per heavy atom. The summed E-state index contributed by atoms with van der Waals surface area (Å²) in [4.78, 5) is 21.3. The van der Waals surface area contributed by atoms with Crippen LogP contribution in [0.15, 0.2) is 35.1 Å². The summed E-state index contributed by atoms with van der Waals surface area (Å²) in [5.74, 6) is 0.446. The summed E-state index contributed by atoms with van der Waals surface area (Å²) in [6, 6.07) is 6.47. The highest BCUT2D eigenvalue weighted by atomic mass is 19.4. The molecule has 2 heterocycles. The summed E-state index contributed by atoms with van der Waals surface area (Å²) >= 11 is 0. The molecule has 21 heavy (non-hydrogen) atoms. The number of rotatable bonds is 1. The van der Waals surface area contributed by atoms with Gasteiger partial charge in [-0.15, -0.1) is 0 Å². The number of halogens is 3. The van der Waals surface area contributed by atoms with Gasteiger partial charge in [-0.3, -0.25) is 4.79 Å². The van der Waals surface area contributed by atoms with Crippen molar-refractivity contribution >= 4 is 11.0 Å². The van der Waals surface area contributed by atoms with Crippen molar-refractivity contribution in [2.24, 2.45) is 0 Å². The molecule has 0 aliphatic rings. The van der Waals surface area contributed by atoms with Crippen LogP contribution in [0.2, 0.25) is 0 Å². The molecule has 0 aliphatic heterocycles. The SMILES string of the molecule is Cc1nc2cc(-c3cccc(C(F)(F)F)c3)[nH]c2c(=O)[nH]1. The van der Waals surface area contributed by atoms with Gasteiger partial charge < -0.3 is 9.97 Å². The highest BCUT2D eigenvalue weighted by Crippen LogP contribution is 2.32. The van der Waals surface area contributed by atoms with Crippen molar-refractivity contribution < 1.29 is 13.2 Å². The smallest absolute Gasteiger partial charge is 0.349 e. The van der Waals surface area contributed by atoms with E-state index in [2.05, 4.69) is 15.0 Å². The molecule has 7 heteroatoms. The van der Waals surface area contributed by atoms with Crippen LogP contribution in [0, 0.1) is 6.92 Å². The van der Waals surface area contributed by atoms with Gasteiger partial charge in [0.1, 0.15) is 11.3 Å². The van der Waals surface area contributed by atoms with Crippen molar-refractivity contribution in [3.63, 3.8) is 0 Å². The quantitative estimate of drug-likeness (QED) is 0.723. The Morgan fingerprint density at radius 2 is 1.90 bits per heavy atom. The molecule has 0 unspecified atom stereocenters. The van der Waals surface area contributed by atoms with Gasteiger partial charge >= 0.3 is 6.18 Å². The lowest BCUT2D eigenvalue weighted by Gasteiger charge is -2.07. The van der Waals surface area contributed by atoms with Crippen LogP contribution in [0.5, 0.6) is 0 Å². The van der Waals surface area contributed by atoms with Crippen LogP contribution >= 0.6 is 0 Å². The van der Waals surface area contributed by atoms with Crippen LogP contribution < -0.4 is 5.56 Å². The molecule has 0 atom stereocenters. The number of H-pyrrole nitrogens is 2. The first-order chi connectivity index (χ1) is 9.84. The molecule has 0 spiro atoms. The molecule has 2 N–H and O–H groups in total. The zero-order valence-corrected chi connectivity index (χ0v) is 10.9. The second-order valence-corrected chi connectivity index (χ2v) is 4.67. The fourth-order valence-electron chi connectivity index (χ4n) is 2.16. The number of hydrogen-bond acceptors (Lipinski definition) is 2. The molecule has 0 aliphatic carbocycles. The molecule has 0 radical (unpaired) electrons. The normalized spacial score (nSPS) is 12.0. The minimum atomic E-state index is -4.41. The predicted octanol–water partition coefficient (Wildman–Crippen LogP) is 3.25. The second kappa shape index (κ2) is 4.47. The topological polar surface area (TPSA) is 61.5 Å². The van der Waals surface area contributed by atoms with Gasteiger partial charge in [0, 0.05) is 5.69 Å². The van der Waals surface area contributed by atoms with Crippen molar-refractivity contribution in [1.82, 2.24) is 15.0 Å². The Kier molecular flexibility index (Phi) is 2.86. The number of nitrogens with zero attached hydrogens (tertiary/aromatic N) is 1. The lowest BCUT2D eigenvalue weighted by molar-refractivity contribution is -0.137. The van der Waals surface area contributed by atoms with Crippen LogP contribution in [-0.4, -0.2) is 15.0 Å². The molecule has 0 saturated heterocycles. The third kappa shape index (κ3) is 2.42. The van der Waals surface area contributed by atoms with E-state index in [0.717, 1.165) is 12.1 Å². The minimum Gasteiger partial charge on any atom is -0.349 e. The molecular formula is C14H10F3N3O. The van der Waals surface area contributed by atoms with Gasteiger partial charge in [-0.25, -0.2) is 4.98 Å². The van der Waals surface area contributed by atoms with E-state index in [1.165, 1.54) is 6.07 Å². The van der Waals surface area contributed by atoms with Crippen molar-refractivity contribution in [1.29, 1.82) is 0 Å². The summed E-state index contributed by atoms with van der Waals surface area (Å²) in [5.41, 5.74) is 0.337. The monoisotopic (exact) mass is 293 g/mol. The number of aromatic amines is 2. The van der Waals surface area contributed by atoms with Crippen LogP contribution in [0.4, 0.5) is 13.2 Å². The lowest BCUT2D eigenvalue weighted by atomic mass is 10.1. The van der Waals surface area contributed by atoms with Crippen LogP contribution in [0.1, 0.15) is 11.4 Å². The highest BCUT2D eigenvalue weighted by Gasteiger charge is 2.30. The largest absolute Gasteiger partial charge is 0.416 e. The van der Waals surface area contributed by atoms with E-state index in [9.17, 15) is 18.0 Å². The Bertz CT molecular complexity index is 877. The number of nitrogens with one attached hydrogen (secondary N) is 2. The number of alkyl halides is 3. The van der Waals surface area contributed by atoms with Crippen LogP contribution in [0.25, 0.3) is 22.3 Å². The lowest BCUT2D eigenvalue weighted by Crippen LogP contribution is -2.09. The first-order valence-corrected chi connectivity index (χ1v) is 6.12. The first kappa shape index (κ1) is 13.4. The molecular weight excluding hydrogens is 283 g/mol. The van der Waals surface area contributed by atoms with E-state index in [1.54, 1.807) is 19.1 Å². The Hall–Kier alpha value is -2.57. The maximum absolute atomic E-state index is 12.7. The van der Waals surface area contributed by atoms with Crippen molar-refractivity contribution in [2.45, 2.75) is 13.1 Å². The number of aryl methyl sites for hydroxylation is 1. The second-order valence-electron chi connectivity index (χ2n) is 4.67. The molecule has 0 bridgehead atoms. The zero-order valence-electron chi connectivity index (χ0n) is 10.9. The van der Waals surface area contributed by atoms with Crippen LogP contribution in [-0.2, 0) is 6.18 Å². The van der Waals surface area contributed by atoms with Crippen molar-refractivity contribution in [2.75, 3.05) is 0 Å². The van der Waals surface area contributed by atoms with Gasteiger partial charge in [0.2, 0.25) is 0 Å². The molecule has 0 fully saturated rings. The van der Waals surface area contributed by atoms with E-state index < -0.39 is 11.7 Å². The van der Waals surface area contributed by atoms with Gasteiger partial charge in [-0.05, 0) is 30.7 Å². The van der Waals surface area contributed by atoms with Crippen molar-refractivity contribution in [3.8, 4) is 11.3 Å².